The van der Waals surface area contributed by atoms with Gasteiger partial charge in [0.1, 0.15) is 5.75 Å². The molecule has 0 unspecified atom stereocenters. The topological polar surface area (TPSA) is 117 Å². The Morgan fingerprint density at radius 1 is 1.13 bits per heavy atom. The van der Waals surface area contributed by atoms with Crippen molar-refractivity contribution in [2.24, 2.45) is 5.10 Å². The fraction of sp³-hybridized carbons (Fsp3) is 0.286. The number of sulfonamides is 1. The molecule has 0 atom stereocenters. The van der Waals surface area contributed by atoms with Crippen LogP contribution < -0.4 is 15.5 Å². The monoisotopic (exact) mass is 444 g/mol. The van der Waals surface area contributed by atoms with Crippen LogP contribution in [-0.2, 0) is 14.8 Å². The van der Waals surface area contributed by atoms with E-state index in [1.807, 2.05) is 0 Å². The summed E-state index contributed by atoms with van der Waals surface area (Å²) >= 11 is 0. The van der Waals surface area contributed by atoms with E-state index in [2.05, 4.69) is 15.8 Å². The summed E-state index contributed by atoms with van der Waals surface area (Å²) in [6, 6.07) is 12.8. The number of methoxy groups -OCH3 is 1. The number of hydrazone groups is 1. The Labute approximate surface area is 181 Å². The molecule has 0 aliphatic carbocycles. The SMILES string of the molecule is COc1cccc(/C=N/NC(=O)CNC(=O)c2ccc(S(=O)(=O)N3CCCC3)cc2)c1. The highest BCUT2D eigenvalue weighted by Gasteiger charge is 2.27. The molecule has 164 valence electrons. The molecule has 0 aromatic heterocycles. The second-order valence-corrected chi connectivity index (χ2v) is 8.83. The van der Waals surface area contributed by atoms with E-state index in [1.165, 1.54) is 34.8 Å². The summed E-state index contributed by atoms with van der Waals surface area (Å²) in [5, 5.41) is 6.32. The van der Waals surface area contributed by atoms with E-state index in [0.717, 1.165) is 18.4 Å². The number of nitrogens with zero attached hydrogens (tertiary/aromatic N) is 2. The van der Waals surface area contributed by atoms with Crippen LogP contribution in [0.3, 0.4) is 0 Å². The third-order valence-electron chi connectivity index (χ3n) is 4.73. The van der Waals surface area contributed by atoms with Crippen molar-refractivity contribution < 1.29 is 22.7 Å². The first-order valence-corrected chi connectivity index (χ1v) is 11.2. The number of carbonyl (C=O) groups is 2. The van der Waals surface area contributed by atoms with E-state index in [0.29, 0.717) is 18.8 Å². The van der Waals surface area contributed by atoms with E-state index < -0.39 is 21.8 Å². The van der Waals surface area contributed by atoms with Gasteiger partial charge in [-0.1, -0.05) is 12.1 Å². The van der Waals surface area contributed by atoms with E-state index >= 15 is 0 Å². The maximum absolute atomic E-state index is 12.5. The van der Waals surface area contributed by atoms with Gasteiger partial charge in [0.2, 0.25) is 10.0 Å². The third-order valence-corrected chi connectivity index (χ3v) is 6.64. The van der Waals surface area contributed by atoms with Gasteiger partial charge in [-0.15, -0.1) is 0 Å². The minimum Gasteiger partial charge on any atom is -0.497 e. The van der Waals surface area contributed by atoms with Crippen LogP contribution in [-0.4, -0.2) is 57.5 Å². The average Bonchev–Trinajstić information content (AvgIpc) is 3.34. The van der Waals surface area contributed by atoms with Crippen LogP contribution in [0.4, 0.5) is 0 Å². The van der Waals surface area contributed by atoms with Crippen molar-refractivity contribution in [2.75, 3.05) is 26.7 Å². The molecule has 1 fully saturated rings. The molecule has 1 aliphatic heterocycles. The Bertz CT molecular complexity index is 1060. The first-order valence-electron chi connectivity index (χ1n) is 9.74. The second-order valence-electron chi connectivity index (χ2n) is 6.89. The van der Waals surface area contributed by atoms with Gasteiger partial charge >= 0.3 is 0 Å². The largest absolute Gasteiger partial charge is 0.497 e. The van der Waals surface area contributed by atoms with Crippen molar-refractivity contribution in [2.45, 2.75) is 17.7 Å². The van der Waals surface area contributed by atoms with Crippen LogP contribution in [0.2, 0.25) is 0 Å². The maximum Gasteiger partial charge on any atom is 0.259 e. The Morgan fingerprint density at radius 2 is 1.84 bits per heavy atom. The number of ether oxygens (including phenoxy) is 1. The molecule has 3 rings (SSSR count). The van der Waals surface area contributed by atoms with Crippen molar-refractivity contribution in [3.63, 3.8) is 0 Å². The molecule has 0 radical (unpaired) electrons. The molecule has 0 spiro atoms. The lowest BCUT2D eigenvalue weighted by atomic mass is 10.2. The highest BCUT2D eigenvalue weighted by atomic mass is 32.2. The van der Waals surface area contributed by atoms with Gasteiger partial charge in [-0.3, -0.25) is 9.59 Å². The number of carbonyl (C=O) groups excluding carboxylic acids is 2. The second kappa shape index (κ2) is 10.2. The van der Waals surface area contributed by atoms with Gasteiger partial charge in [0.25, 0.3) is 11.8 Å². The molecule has 1 saturated heterocycles. The Balaban J connectivity index is 1.49. The minimum atomic E-state index is -3.53. The number of nitrogens with one attached hydrogen (secondary N) is 2. The van der Waals surface area contributed by atoms with Gasteiger partial charge in [-0.25, -0.2) is 13.8 Å². The lowest BCUT2D eigenvalue weighted by Crippen LogP contribution is -2.35. The van der Waals surface area contributed by atoms with Crippen LogP contribution in [0, 0.1) is 0 Å². The molecular weight excluding hydrogens is 420 g/mol. The third kappa shape index (κ3) is 5.89. The summed E-state index contributed by atoms with van der Waals surface area (Å²) < 4.78 is 31.6. The fourth-order valence-electron chi connectivity index (χ4n) is 3.06. The molecule has 1 aliphatic rings. The Kier molecular flexibility index (Phi) is 7.37. The molecule has 2 aromatic carbocycles. The molecule has 31 heavy (non-hydrogen) atoms. The summed E-state index contributed by atoms with van der Waals surface area (Å²) in [5.74, 6) is -0.320. The van der Waals surface area contributed by atoms with Crippen LogP contribution >= 0.6 is 0 Å². The van der Waals surface area contributed by atoms with E-state index in [1.54, 1.807) is 31.4 Å². The predicted octanol–water partition coefficient (Wildman–Crippen LogP) is 1.36. The van der Waals surface area contributed by atoms with Crippen molar-refractivity contribution in [3.05, 3.63) is 59.7 Å². The zero-order chi connectivity index (χ0) is 22.3. The number of hydrogen-bond acceptors (Lipinski definition) is 6. The highest BCUT2D eigenvalue weighted by Crippen LogP contribution is 2.21. The van der Waals surface area contributed by atoms with Crippen LogP contribution in [0.1, 0.15) is 28.8 Å². The first-order chi connectivity index (χ1) is 14.9. The van der Waals surface area contributed by atoms with Crippen LogP contribution in [0.15, 0.2) is 58.5 Å². The Morgan fingerprint density at radius 3 is 2.52 bits per heavy atom. The number of rotatable bonds is 8. The smallest absolute Gasteiger partial charge is 0.259 e. The molecule has 2 amide bonds. The van der Waals surface area contributed by atoms with Crippen LogP contribution in [0.5, 0.6) is 5.75 Å². The van der Waals surface area contributed by atoms with Gasteiger partial charge in [0.15, 0.2) is 0 Å². The van der Waals surface area contributed by atoms with Crippen molar-refractivity contribution in [1.29, 1.82) is 0 Å². The van der Waals surface area contributed by atoms with E-state index in [4.69, 9.17) is 4.74 Å². The number of hydrogen-bond donors (Lipinski definition) is 2. The summed E-state index contributed by atoms with van der Waals surface area (Å²) in [7, 11) is -1.97. The fourth-order valence-corrected chi connectivity index (χ4v) is 4.58. The lowest BCUT2D eigenvalue weighted by molar-refractivity contribution is -0.120. The molecule has 2 aromatic rings. The summed E-state index contributed by atoms with van der Waals surface area (Å²) in [5.41, 5.74) is 3.33. The molecule has 10 heteroatoms. The van der Waals surface area contributed by atoms with Gasteiger partial charge in [0, 0.05) is 18.7 Å². The van der Waals surface area contributed by atoms with Crippen molar-refractivity contribution >= 4 is 28.1 Å². The number of amides is 2. The quantitative estimate of drug-likeness (QED) is 0.471. The molecule has 0 bridgehead atoms. The van der Waals surface area contributed by atoms with Crippen LogP contribution in [0.25, 0.3) is 0 Å². The van der Waals surface area contributed by atoms with Crippen molar-refractivity contribution in [1.82, 2.24) is 15.0 Å². The average molecular weight is 445 g/mol. The molecule has 1 heterocycles. The summed E-state index contributed by atoms with van der Waals surface area (Å²) in [6.45, 7) is 0.752. The number of benzene rings is 2. The van der Waals surface area contributed by atoms with Gasteiger partial charge in [-0.2, -0.15) is 9.41 Å². The molecule has 9 nitrogen and oxygen atoms in total. The standard InChI is InChI=1S/C21H24N4O5S/c1-30-18-6-4-5-16(13-18)14-23-24-20(26)15-22-21(27)17-7-9-19(10-8-17)31(28,29)25-11-2-3-12-25/h4-10,13-14H,2-3,11-12,15H2,1H3,(H,22,27)(H,24,26)/b23-14+. The molecule has 0 saturated carbocycles. The van der Waals surface area contributed by atoms with Gasteiger partial charge in [-0.05, 0) is 54.8 Å². The highest BCUT2D eigenvalue weighted by molar-refractivity contribution is 7.89. The van der Waals surface area contributed by atoms with Gasteiger partial charge in [0.05, 0.1) is 24.8 Å². The molecular formula is C21H24N4O5S. The van der Waals surface area contributed by atoms with E-state index in [9.17, 15) is 18.0 Å². The maximum atomic E-state index is 12.5. The van der Waals surface area contributed by atoms with E-state index in [-0.39, 0.29) is 17.0 Å². The summed E-state index contributed by atoms with van der Waals surface area (Å²) in [4.78, 5) is 24.3. The summed E-state index contributed by atoms with van der Waals surface area (Å²) in [6.07, 6.45) is 3.17. The molecule has 2 N–H and O–H groups in total. The Hall–Kier alpha value is -3.24. The zero-order valence-electron chi connectivity index (χ0n) is 17.1. The predicted molar refractivity (Wildman–Crippen MR) is 115 cm³/mol. The minimum absolute atomic E-state index is 0.149. The van der Waals surface area contributed by atoms with Crippen molar-refractivity contribution in [3.8, 4) is 5.75 Å². The normalized spacial score (nSPS) is 14.5. The van der Waals surface area contributed by atoms with Gasteiger partial charge < -0.3 is 10.1 Å². The lowest BCUT2D eigenvalue weighted by Gasteiger charge is -2.15. The zero-order valence-corrected chi connectivity index (χ0v) is 17.9. The first kappa shape index (κ1) is 22.4.